The third-order valence-electron chi connectivity index (χ3n) is 3.90. The summed E-state index contributed by atoms with van der Waals surface area (Å²) in [5, 5.41) is 9.74. The topological polar surface area (TPSA) is 58.7 Å². The predicted molar refractivity (Wildman–Crippen MR) is 76.2 cm³/mol. The molecule has 2 rings (SSSR count). The van der Waals surface area contributed by atoms with Crippen LogP contribution in [0.4, 0.5) is 0 Å². The number of aliphatic hydroxyl groups excluding tert-OH is 1. The van der Waals surface area contributed by atoms with Crippen LogP contribution in [-0.4, -0.2) is 42.4 Å². The van der Waals surface area contributed by atoms with Crippen molar-refractivity contribution in [1.29, 1.82) is 0 Å². The molecule has 1 heterocycles. The van der Waals surface area contributed by atoms with Crippen molar-refractivity contribution >= 4 is 0 Å². The van der Waals surface area contributed by atoms with E-state index in [1.165, 1.54) is 5.56 Å². The molecule has 1 fully saturated rings. The number of nitrogens with two attached hydrogens (primary N) is 1. The first-order valence-electron chi connectivity index (χ1n) is 6.97. The summed E-state index contributed by atoms with van der Waals surface area (Å²) in [5.41, 5.74) is 7.47. The normalized spacial score (nSPS) is 23.3. The van der Waals surface area contributed by atoms with E-state index in [0.29, 0.717) is 6.54 Å². The van der Waals surface area contributed by atoms with Crippen molar-refractivity contribution in [3.63, 3.8) is 0 Å². The molecule has 4 nitrogen and oxygen atoms in total. The molecule has 106 valence electrons. The van der Waals surface area contributed by atoms with Crippen molar-refractivity contribution in [2.45, 2.75) is 38.0 Å². The summed E-state index contributed by atoms with van der Waals surface area (Å²) in [7, 11) is 1.67. The molecule has 0 radical (unpaired) electrons. The number of hydrogen-bond donors (Lipinski definition) is 2. The molecule has 4 heteroatoms. The van der Waals surface area contributed by atoms with Gasteiger partial charge in [0.25, 0.3) is 0 Å². The first kappa shape index (κ1) is 14.3. The Kier molecular flexibility index (Phi) is 4.80. The average molecular weight is 264 g/mol. The fraction of sp³-hybridized carbons (Fsp3) is 0.600. The molecule has 19 heavy (non-hydrogen) atoms. The smallest absolute Gasteiger partial charge is 0.119 e. The number of likely N-dealkylation sites (tertiary alicyclic amines) is 1. The number of aliphatic hydroxyl groups is 1. The van der Waals surface area contributed by atoms with Gasteiger partial charge in [-0.2, -0.15) is 0 Å². The molecule has 3 atom stereocenters. The second-order valence-electron chi connectivity index (χ2n) is 5.23. The average Bonchev–Trinajstić information content (AvgIpc) is 2.85. The fourth-order valence-corrected chi connectivity index (χ4v) is 2.80. The molecule has 0 bridgehead atoms. The van der Waals surface area contributed by atoms with Gasteiger partial charge in [0, 0.05) is 19.1 Å². The molecule has 0 aliphatic carbocycles. The highest BCUT2D eigenvalue weighted by Gasteiger charge is 2.31. The third-order valence-corrected chi connectivity index (χ3v) is 3.90. The van der Waals surface area contributed by atoms with Crippen LogP contribution in [0.1, 0.15) is 31.4 Å². The molecule has 0 saturated carbocycles. The number of β-amino-alcohol motifs (C(OH)–C–C–N with tert-alkyl or cyclic N) is 1. The van der Waals surface area contributed by atoms with Gasteiger partial charge in [0.05, 0.1) is 19.3 Å². The van der Waals surface area contributed by atoms with E-state index in [1.54, 1.807) is 7.11 Å². The van der Waals surface area contributed by atoms with E-state index in [4.69, 9.17) is 10.5 Å². The molecule has 1 aromatic rings. The van der Waals surface area contributed by atoms with Crippen molar-refractivity contribution in [3.8, 4) is 5.75 Å². The summed E-state index contributed by atoms with van der Waals surface area (Å²) < 4.78 is 5.29. The van der Waals surface area contributed by atoms with Crippen LogP contribution in [0.5, 0.6) is 5.75 Å². The monoisotopic (exact) mass is 264 g/mol. The first-order valence-corrected chi connectivity index (χ1v) is 6.97. The molecule has 3 N–H and O–H groups in total. The summed E-state index contributed by atoms with van der Waals surface area (Å²) in [6.07, 6.45) is 1.52. The van der Waals surface area contributed by atoms with Gasteiger partial charge in [0.15, 0.2) is 0 Å². The van der Waals surface area contributed by atoms with Gasteiger partial charge in [-0.3, -0.25) is 4.90 Å². The molecule has 0 aromatic heterocycles. The second-order valence-corrected chi connectivity index (χ2v) is 5.23. The van der Waals surface area contributed by atoms with Gasteiger partial charge in [-0.15, -0.1) is 0 Å². The van der Waals surface area contributed by atoms with Crippen molar-refractivity contribution in [3.05, 3.63) is 29.8 Å². The van der Waals surface area contributed by atoms with Crippen molar-refractivity contribution < 1.29 is 9.84 Å². The first-order chi connectivity index (χ1) is 9.15. The summed E-state index contributed by atoms with van der Waals surface area (Å²) in [6.45, 7) is 3.71. The Balaban J connectivity index is 2.26. The minimum absolute atomic E-state index is 0.0670. The van der Waals surface area contributed by atoms with Crippen LogP contribution in [0.15, 0.2) is 24.3 Å². The maximum absolute atomic E-state index is 9.74. The van der Waals surface area contributed by atoms with Gasteiger partial charge in [-0.05, 0) is 30.5 Å². The lowest BCUT2D eigenvalue weighted by molar-refractivity contribution is 0.148. The zero-order valence-electron chi connectivity index (χ0n) is 11.7. The third kappa shape index (κ3) is 3.26. The van der Waals surface area contributed by atoms with Crippen LogP contribution in [-0.2, 0) is 0 Å². The van der Waals surface area contributed by atoms with E-state index < -0.39 is 0 Å². The van der Waals surface area contributed by atoms with Gasteiger partial charge in [-0.25, -0.2) is 0 Å². The van der Waals surface area contributed by atoms with Crippen LogP contribution in [0.3, 0.4) is 0 Å². The van der Waals surface area contributed by atoms with E-state index in [1.807, 2.05) is 18.2 Å². The van der Waals surface area contributed by atoms with Crippen LogP contribution >= 0.6 is 0 Å². The van der Waals surface area contributed by atoms with Crippen molar-refractivity contribution in [1.82, 2.24) is 4.90 Å². The molecule has 1 aliphatic rings. The van der Waals surface area contributed by atoms with Crippen LogP contribution in [0.2, 0.25) is 0 Å². The Hall–Kier alpha value is -1.10. The number of ether oxygens (including phenoxy) is 1. The maximum Gasteiger partial charge on any atom is 0.119 e. The van der Waals surface area contributed by atoms with Crippen LogP contribution < -0.4 is 10.5 Å². The Morgan fingerprint density at radius 3 is 2.89 bits per heavy atom. The number of methoxy groups -OCH3 is 1. The van der Waals surface area contributed by atoms with Crippen LogP contribution in [0, 0.1) is 0 Å². The number of rotatable bonds is 5. The number of nitrogens with zero attached hydrogens (tertiary/aromatic N) is 1. The molecule has 0 amide bonds. The minimum atomic E-state index is -0.225. The highest BCUT2D eigenvalue weighted by molar-refractivity contribution is 5.31. The fourth-order valence-electron chi connectivity index (χ4n) is 2.80. The number of benzene rings is 1. The van der Waals surface area contributed by atoms with Crippen molar-refractivity contribution in [2.75, 3.05) is 20.2 Å². The second kappa shape index (κ2) is 6.37. The molecule has 0 spiro atoms. The Morgan fingerprint density at radius 2 is 2.32 bits per heavy atom. The Morgan fingerprint density at radius 1 is 1.53 bits per heavy atom. The largest absolute Gasteiger partial charge is 0.497 e. The molecule has 1 aliphatic heterocycles. The lowest BCUT2D eigenvalue weighted by Gasteiger charge is -2.32. The lowest BCUT2D eigenvalue weighted by Crippen LogP contribution is -2.40. The molecule has 1 saturated heterocycles. The summed E-state index contributed by atoms with van der Waals surface area (Å²) >= 11 is 0. The van der Waals surface area contributed by atoms with Gasteiger partial charge in [-0.1, -0.05) is 19.1 Å². The van der Waals surface area contributed by atoms with Crippen molar-refractivity contribution in [2.24, 2.45) is 5.73 Å². The molecular formula is C15H24N2O2. The quantitative estimate of drug-likeness (QED) is 0.847. The van der Waals surface area contributed by atoms with Gasteiger partial charge >= 0.3 is 0 Å². The van der Waals surface area contributed by atoms with E-state index in [2.05, 4.69) is 17.9 Å². The highest BCUT2D eigenvalue weighted by Crippen LogP contribution is 2.30. The van der Waals surface area contributed by atoms with Crippen LogP contribution in [0.25, 0.3) is 0 Å². The van der Waals surface area contributed by atoms with Gasteiger partial charge in [0.2, 0.25) is 0 Å². The zero-order valence-corrected chi connectivity index (χ0v) is 11.7. The summed E-state index contributed by atoms with van der Waals surface area (Å²) in [6, 6.07) is 8.29. The Bertz CT molecular complexity index is 411. The standard InChI is InChI=1S/C15H24N2O2/c1-3-14(16)15(17-8-7-12(18)10-17)11-5-4-6-13(9-11)19-2/h4-6,9,12,14-15,18H,3,7-8,10,16H2,1-2H3. The maximum atomic E-state index is 9.74. The molecule has 1 aromatic carbocycles. The van der Waals surface area contributed by atoms with Gasteiger partial charge in [0.1, 0.15) is 5.75 Å². The molecule has 3 unspecified atom stereocenters. The number of hydrogen-bond acceptors (Lipinski definition) is 4. The molecular weight excluding hydrogens is 240 g/mol. The van der Waals surface area contributed by atoms with E-state index in [-0.39, 0.29) is 18.2 Å². The van der Waals surface area contributed by atoms with Gasteiger partial charge < -0.3 is 15.6 Å². The minimum Gasteiger partial charge on any atom is -0.497 e. The van der Waals surface area contributed by atoms with E-state index in [9.17, 15) is 5.11 Å². The Labute approximate surface area is 115 Å². The van der Waals surface area contributed by atoms with E-state index in [0.717, 1.165) is 25.1 Å². The lowest BCUT2D eigenvalue weighted by atomic mass is 9.96. The summed E-state index contributed by atoms with van der Waals surface area (Å²) in [5.74, 6) is 0.852. The zero-order chi connectivity index (χ0) is 13.8. The SMILES string of the molecule is CCC(N)C(c1cccc(OC)c1)N1CCC(O)C1. The summed E-state index contributed by atoms with van der Waals surface area (Å²) in [4.78, 5) is 2.29. The highest BCUT2D eigenvalue weighted by atomic mass is 16.5. The van der Waals surface area contributed by atoms with E-state index >= 15 is 0 Å². The predicted octanol–water partition coefficient (Wildman–Crippen LogP) is 1.54.